The van der Waals surface area contributed by atoms with Gasteiger partial charge in [-0.15, -0.1) is 0 Å². The Hall–Kier alpha value is -0.0800. The normalized spacial score (nSPS) is 39.8. The van der Waals surface area contributed by atoms with Crippen molar-refractivity contribution in [2.75, 3.05) is 19.8 Å². The molecular formula is C16H28O2. The Bertz CT molecular complexity index is 260. The van der Waals surface area contributed by atoms with Crippen LogP contribution < -0.4 is 0 Å². The maximum atomic E-state index is 9.69. The zero-order valence-electron chi connectivity index (χ0n) is 11.6. The fraction of sp³-hybridized carbons (Fsp3) is 1.00. The number of ether oxygens (including phenoxy) is 1. The lowest BCUT2D eigenvalue weighted by Gasteiger charge is -2.29. The van der Waals surface area contributed by atoms with Gasteiger partial charge in [0.1, 0.15) is 0 Å². The molecule has 0 amide bonds. The second kappa shape index (κ2) is 5.50. The van der Waals surface area contributed by atoms with E-state index in [1.807, 2.05) is 0 Å². The van der Waals surface area contributed by atoms with E-state index in [9.17, 15) is 5.11 Å². The van der Waals surface area contributed by atoms with Crippen LogP contribution in [0.4, 0.5) is 0 Å². The van der Waals surface area contributed by atoms with Gasteiger partial charge in [-0.1, -0.05) is 19.3 Å². The molecule has 2 nitrogen and oxygen atoms in total. The van der Waals surface area contributed by atoms with Crippen molar-refractivity contribution in [1.29, 1.82) is 0 Å². The Balaban J connectivity index is 1.33. The molecule has 0 aromatic rings. The molecule has 2 atom stereocenters. The molecule has 0 spiro atoms. The zero-order chi connectivity index (χ0) is 12.4. The Morgan fingerprint density at radius 3 is 2.44 bits per heavy atom. The second-order valence-corrected chi connectivity index (χ2v) is 7.12. The first kappa shape index (κ1) is 12.9. The van der Waals surface area contributed by atoms with Gasteiger partial charge in [-0.05, 0) is 61.7 Å². The number of rotatable bonds is 6. The molecule has 1 N–H and O–H groups in total. The third kappa shape index (κ3) is 2.91. The van der Waals surface area contributed by atoms with Crippen molar-refractivity contribution in [3.8, 4) is 0 Å². The van der Waals surface area contributed by atoms with E-state index in [1.165, 1.54) is 57.8 Å². The first-order valence-electron chi connectivity index (χ1n) is 8.00. The predicted molar refractivity (Wildman–Crippen MR) is 72.4 cm³/mol. The maximum Gasteiger partial charge on any atom is 0.0487 e. The van der Waals surface area contributed by atoms with Crippen molar-refractivity contribution in [2.24, 2.45) is 23.2 Å². The van der Waals surface area contributed by atoms with Crippen molar-refractivity contribution in [3.05, 3.63) is 0 Å². The van der Waals surface area contributed by atoms with Crippen molar-refractivity contribution >= 4 is 0 Å². The summed E-state index contributed by atoms with van der Waals surface area (Å²) < 4.78 is 5.40. The van der Waals surface area contributed by atoms with Crippen molar-refractivity contribution in [3.63, 3.8) is 0 Å². The predicted octanol–water partition coefficient (Wildman–Crippen LogP) is 3.38. The molecule has 1 aliphatic heterocycles. The smallest absolute Gasteiger partial charge is 0.0487 e. The number of fused-ring (bicyclic) bond motifs is 1. The fourth-order valence-electron chi connectivity index (χ4n) is 4.39. The van der Waals surface area contributed by atoms with Crippen molar-refractivity contribution < 1.29 is 9.84 Å². The summed E-state index contributed by atoms with van der Waals surface area (Å²) in [6, 6.07) is 0. The van der Waals surface area contributed by atoms with Crippen LogP contribution in [0.15, 0.2) is 0 Å². The lowest BCUT2D eigenvalue weighted by Crippen LogP contribution is -2.23. The molecule has 0 aromatic carbocycles. The number of aliphatic hydroxyl groups is 1. The Morgan fingerprint density at radius 1 is 1.06 bits per heavy atom. The van der Waals surface area contributed by atoms with E-state index in [4.69, 9.17) is 4.74 Å². The minimum absolute atomic E-state index is 0.337. The summed E-state index contributed by atoms with van der Waals surface area (Å²) in [6.07, 6.45) is 12.0. The van der Waals surface area contributed by atoms with E-state index in [1.54, 1.807) is 0 Å². The van der Waals surface area contributed by atoms with Crippen molar-refractivity contribution in [2.45, 2.75) is 57.8 Å². The van der Waals surface area contributed by atoms with Gasteiger partial charge in [0.05, 0.1) is 0 Å². The quantitative estimate of drug-likeness (QED) is 0.734. The van der Waals surface area contributed by atoms with Gasteiger partial charge in [-0.25, -0.2) is 0 Å². The van der Waals surface area contributed by atoms with Gasteiger partial charge >= 0.3 is 0 Å². The van der Waals surface area contributed by atoms with Crippen LogP contribution in [0.5, 0.6) is 0 Å². The second-order valence-electron chi connectivity index (χ2n) is 7.12. The van der Waals surface area contributed by atoms with E-state index in [-0.39, 0.29) is 0 Å². The lowest BCUT2D eigenvalue weighted by molar-refractivity contribution is 0.0617. The molecule has 1 saturated heterocycles. The minimum atomic E-state index is 0.337. The molecule has 3 rings (SSSR count). The molecule has 18 heavy (non-hydrogen) atoms. The summed E-state index contributed by atoms with van der Waals surface area (Å²) in [6.45, 7) is 2.40. The Labute approximate surface area is 111 Å². The molecule has 3 aliphatic rings. The number of aliphatic hydroxyl groups excluding tert-OH is 1. The summed E-state index contributed by atoms with van der Waals surface area (Å²) in [5.41, 5.74) is 0.337. The van der Waals surface area contributed by atoms with Gasteiger partial charge < -0.3 is 9.84 Å². The molecular weight excluding hydrogens is 224 g/mol. The molecule has 2 saturated carbocycles. The van der Waals surface area contributed by atoms with Gasteiger partial charge in [0.2, 0.25) is 0 Å². The van der Waals surface area contributed by atoms with E-state index in [2.05, 4.69) is 0 Å². The molecule has 3 fully saturated rings. The molecule has 0 bridgehead atoms. The number of unbranched alkanes of at least 4 members (excludes halogenated alkanes) is 1. The zero-order valence-corrected chi connectivity index (χ0v) is 11.6. The third-order valence-corrected chi connectivity index (χ3v) is 5.71. The highest BCUT2D eigenvalue weighted by molar-refractivity contribution is 5.02. The largest absolute Gasteiger partial charge is 0.396 e. The van der Waals surface area contributed by atoms with Crippen LogP contribution in [0, 0.1) is 23.2 Å². The highest BCUT2D eigenvalue weighted by Crippen LogP contribution is 2.61. The summed E-state index contributed by atoms with van der Waals surface area (Å²) in [5, 5.41) is 9.69. The first-order valence-corrected chi connectivity index (χ1v) is 8.00. The van der Waals surface area contributed by atoms with Crippen LogP contribution in [0.2, 0.25) is 0 Å². The molecule has 0 radical (unpaired) electrons. The number of hydrogen-bond donors (Lipinski definition) is 1. The van der Waals surface area contributed by atoms with Gasteiger partial charge in [0.25, 0.3) is 0 Å². The summed E-state index contributed by atoms with van der Waals surface area (Å²) in [7, 11) is 0. The Kier molecular flexibility index (Phi) is 3.95. The lowest BCUT2D eigenvalue weighted by atomic mass is 9.78. The highest BCUT2D eigenvalue weighted by Gasteiger charge is 2.52. The van der Waals surface area contributed by atoms with Crippen LogP contribution in [-0.2, 0) is 4.74 Å². The van der Waals surface area contributed by atoms with E-state index < -0.39 is 0 Å². The average Bonchev–Trinajstić information content (AvgIpc) is 3.04. The SMILES string of the molecule is OCC1(CCCCC2CCOCC2)CC2CC2C1. The molecule has 2 aliphatic carbocycles. The van der Waals surface area contributed by atoms with E-state index in [0.29, 0.717) is 12.0 Å². The first-order chi connectivity index (χ1) is 8.81. The topological polar surface area (TPSA) is 29.5 Å². The molecule has 0 aromatic heterocycles. The van der Waals surface area contributed by atoms with E-state index >= 15 is 0 Å². The van der Waals surface area contributed by atoms with Gasteiger partial charge in [-0.2, -0.15) is 0 Å². The standard InChI is InChI=1S/C16H28O2/c17-12-16(10-14-9-15(14)11-16)6-2-1-3-13-4-7-18-8-5-13/h13-15,17H,1-12H2. The summed E-state index contributed by atoms with van der Waals surface area (Å²) in [5.74, 6) is 2.90. The molecule has 2 heteroatoms. The molecule has 104 valence electrons. The summed E-state index contributed by atoms with van der Waals surface area (Å²) >= 11 is 0. The minimum Gasteiger partial charge on any atom is -0.396 e. The van der Waals surface area contributed by atoms with Crippen LogP contribution in [-0.4, -0.2) is 24.9 Å². The van der Waals surface area contributed by atoms with Gasteiger partial charge in [-0.3, -0.25) is 0 Å². The van der Waals surface area contributed by atoms with E-state index in [0.717, 1.165) is 31.0 Å². The van der Waals surface area contributed by atoms with Crippen LogP contribution in [0.3, 0.4) is 0 Å². The highest BCUT2D eigenvalue weighted by atomic mass is 16.5. The monoisotopic (exact) mass is 252 g/mol. The van der Waals surface area contributed by atoms with Gasteiger partial charge in [0.15, 0.2) is 0 Å². The molecule has 2 unspecified atom stereocenters. The Morgan fingerprint density at radius 2 is 1.78 bits per heavy atom. The summed E-state index contributed by atoms with van der Waals surface area (Å²) in [4.78, 5) is 0. The third-order valence-electron chi connectivity index (χ3n) is 5.71. The van der Waals surface area contributed by atoms with Crippen LogP contribution >= 0.6 is 0 Å². The number of hydrogen-bond acceptors (Lipinski definition) is 2. The fourth-order valence-corrected chi connectivity index (χ4v) is 4.39. The molecule has 1 heterocycles. The average molecular weight is 252 g/mol. The maximum absolute atomic E-state index is 9.69. The van der Waals surface area contributed by atoms with Crippen molar-refractivity contribution in [1.82, 2.24) is 0 Å². The van der Waals surface area contributed by atoms with Crippen LogP contribution in [0.25, 0.3) is 0 Å². The van der Waals surface area contributed by atoms with Gasteiger partial charge in [0, 0.05) is 19.8 Å². The van der Waals surface area contributed by atoms with Crippen LogP contribution in [0.1, 0.15) is 57.8 Å².